The first-order chi connectivity index (χ1) is 18.0. The van der Waals surface area contributed by atoms with Crippen LogP contribution in [0.2, 0.25) is 0 Å². The second-order valence-corrected chi connectivity index (χ2v) is 11.3. The first-order valence-electron chi connectivity index (χ1n) is 11.3. The molecule has 0 aromatic heterocycles. The lowest BCUT2D eigenvalue weighted by Crippen LogP contribution is -2.19. The molecular weight excluding hydrogens is 528 g/mol. The molecule has 0 heterocycles. The van der Waals surface area contributed by atoms with Crippen molar-refractivity contribution < 1.29 is 30.0 Å². The Morgan fingerprint density at radius 1 is 0.632 bits per heavy atom. The average Bonchev–Trinajstić information content (AvgIpc) is 2.88. The van der Waals surface area contributed by atoms with Crippen LogP contribution in [-0.4, -0.2) is 22.9 Å². The molecule has 0 unspecified atom stereocenters. The molecule has 38 heavy (non-hydrogen) atoms. The Balaban J connectivity index is 1.34. The topological polar surface area (TPSA) is 128 Å². The van der Waals surface area contributed by atoms with E-state index in [1.54, 1.807) is 44.2 Å². The van der Waals surface area contributed by atoms with Gasteiger partial charge in [0.1, 0.15) is 21.3 Å². The number of aryl methyl sites for hydroxylation is 2. The zero-order chi connectivity index (χ0) is 27.3. The van der Waals surface area contributed by atoms with Gasteiger partial charge in [0.15, 0.2) is 0 Å². The number of rotatable bonds is 8. The number of carbonyl (C=O) groups excluding carboxylic acids is 1. The van der Waals surface area contributed by atoms with Crippen LogP contribution < -0.4 is 19.0 Å². The molecule has 0 saturated heterocycles. The maximum atomic E-state index is 12.7. The molecule has 0 fully saturated rings. The van der Waals surface area contributed by atoms with E-state index in [1.807, 2.05) is 6.07 Å². The van der Waals surface area contributed by atoms with Crippen LogP contribution in [0, 0.1) is 13.8 Å². The van der Waals surface area contributed by atoms with Gasteiger partial charge < -0.3 is 19.0 Å². The van der Waals surface area contributed by atoms with Gasteiger partial charge in [0.2, 0.25) is 0 Å². The van der Waals surface area contributed by atoms with Crippen LogP contribution in [0.5, 0.6) is 11.5 Å². The summed E-state index contributed by atoms with van der Waals surface area (Å²) in [5, 5.41) is 5.24. The number of benzene rings is 4. The van der Waals surface area contributed by atoms with Crippen molar-refractivity contribution >= 4 is 37.6 Å². The van der Waals surface area contributed by atoms with E-state index in [0.717, 1.165) is 5.56 Å². The number of hydrogen-bond acceptors (Lipinski definition) is 7. The highest BCUT2D eigenvalue weighted by Gasteiger charge is 2.20. The molecule has 2 N–H and O–H groups in total. The second-order valence-electron chi connectivity index (χ2n) is 8.28. The molecule has 0 bridgehead atoms. The van der Waals surface area contributed by atoms with Crippen LogP contribution in [0.3, 0.4) is 0 Å². The van der Waals surface area contributed by atoms with E-state index in [4.69, 9.17) is 8.37 Å². The van der Waals surface area contributed by atoms with E-state index in [1.165, 1.54) is 60.7 Å². The predicted molar refractivity (Wildman–Crippen MR) is 144 cm³/mol. The molecule has 0 saturated carbocycles. The third-order valence-corrected chi connectivity index (χ3v) is 7.93. The molecule has 0 atom stereocenters. The third-order valence-electron chi connectivity index (χ3n) is 5.28. The van der Waals surface area contributed by atoms with Crippen LogP contribution in [0.25, 0.3) is 0 Å². The monoisotopic (exact) mass is 552 g/mol. The zero-order valence-electron chi connectivity index (χ0n) is 20.4. The molecule has 0 spiro atoms. The molecule has 4 aromatic carbocycles. The molecule has 9 nitrogen and oxygen atoms in total. The quantitative estimate of drug-likeness (QED) is 0.277. The Morgan fingerprint density at radius 3 is 1.66 bits per heavy atom. The fraction of sp³-hybridized carbons (Fsp3) is 0.0741. The van der Waals surface area contributed by atoms with Gasteiger partial charge in [-0.2, -0.15) is 16.8 Å². The van der Waals surface area contributed by atoms with E-state index in [9.17, 15) is 21.6 Å². The normalized spacial score (nSPS) is 11.4. The van der Waals surface area contributed by atoms with Crippen LogP contribution in [-0.2, 0) is 20.2 Å². The van der Waals surface area contributed by atoms with Crippen LogP contribution in [0.4, 0.5) is 16.2 Å². The lowest BCUT2D eigenvalue weighted by atomic mass is 10.2. The Labute approximate surface area is 221 Å². The molecule has 0 aliphatic carbocycles. The van der Waals surface area contributed by atoms with Gasteiger partial charge in [-0.25, -0.2) is 4.79 Å². The van der Waals surface area contributed by atoms with E-state index in [-0.39, 0.29) is 21.3 Å². The molecule has 11 heteroatoms. The van der Waals surface area contributed by atoms with E-state index in [2.05, 4.69) is 10.6 Å². The summed E-state index contributed by atoms with van der Waals surface area (Å²) in [5.74, 6) is 0.184. The number of urea groups is 1. The van der Waals surface area contributed by atoms with E-state index >= 15 is 0 Å². The Kier molecular flexibility index (Phi) is 7.70. The molecule has 2 amide bonds. The highest BCUT2D eigenvalue weighted by atomic mass is 32.2. The Hall–Kier alpha value is -4.35. The van der Waals surface area contributed by atoms with Gasteiger partial charge >= 0.3 is 26.3 Å². The van der Waals surface area contributed by atoms with E-state index in [0.29, 0.717) is 16.9 Å². The van der Waals surface area contributed by atoms with Gasteiger partial charge in [-0.05, 0) is 91.7 Å². The summed E-state index contributed by atoms with van der Waals surface area (Å²) in [4.78, 5) is 12.5. The SMILES string of the molecule is Cc1ccc(C)c(S(=O)(=O)Oc2ccc(NC(=O)Nc3ccc(OS(=O)(=O)c4ccccc4)cc3)cc2)c1. The predicted octanol–water partition coefficient (Wildman–Crippen LogP) is 5.48. The molecule has 0 radical (unpaired) electrons. The molecule has 4 rings (SSSR count). The standard InChI is InChI=1S/C27H24N2O7S2/c1-19-8-9-20(2)26(18-19)38(33,34)36-24-16-12-22(13-17-24)29-27(30)28-21-10-14-23(15-11-21)35-37(31,32)25-6-4-3-5-7-25/h3-18H,1-2H3,(H2,28,29,30). The first-order valence-corrected chi connectivity index (χ1v) is 14.1. The molecular formula is C27H24N2O7S2. The number of amides is 2. The van der Waals surface area contributed by atoms with Crippen LogP contribution in [0.1, 0.15) is 11.1 Å². The van der Waals surface area contributed by atoms with Crippen molar-refractivity contribution in [2.75, 3.05) is 10.6 Å². The summed E-state index contributed by atoms with van der Waals surface area (Å²) in [7, 11) is -7.99. The lowest BCUT2D eigenvalue weighted by Gasteiger charge is -2.11. The first kappa shape index (κ1) is 26.7. The van der Waals surface area contributed by atoms with Gasteiger partial charge in [0.25, 0.3) is 0 Å². The van der Waals surface area contributed by atoms with Gasteiger partial charge in [0.05, 0.1) is 0 Å². The Bertz CT molecular complexity index is 1650. The molecule has 4 aromatic rings. The molecule has 196 valence electrons. The largest absolute Gasteiger partial charge is 0.379 e. The highest BCUT2D eigenvalue weighted by molar-refractivity contribution is 7.87. The number of carbonyl (C=O) groups is 1. The van der Waals surface area contributed by atoms with Crippen molar-refractivity contribution in [1.29, 1.82) is 0 Å². The highest BCUT2D eigenvalue weighted by Crippen LogP contribution is 2.24. The number of hydrogen-bond donors (Lipinski definition) is 2. The zero-order valence-corrected chi connectivity index (χ0v) is 22.0. The molecule has 0 aliphatic heterocycles. The second kappa shape index (κ2) is 11.0. The van der Waals surface area contributed by atoms with Crippen molar-refractivity contribution in [3.8, 4) is 11.5 Å². The minimum Gasteiger partial charge on any atom is -0.379 e. The number of anilines is 2. The maximum absolute atomic E-state index is 12.7. The van der Waals surface area contributed by atoms with E-state index < -0.39 is 26.3 Å². The van der Waals surface area contributed by atoms with Gasteiger partial charge in [-0.15, -0.1) is 0 Å². The molecule has 0 aliphatic rings. The van der Waals surface area contributed by atoms with Crippen molar-refractivity contribution in [2.45, 2.75) is 23.6 Å². The number of nitrogens with one attached hydrogen (secondary N) is 2. The smallest absolute Gasteiger partial charge is 0.339 e. The van der Waals surface area contributed by atoms with Crippen molar-refractivity contribution in [2.24, 2.45) is 0 Å². The van der Waals surface area contributed by atoms with Crippen molar-refractivity contribution in [1.82, 2.24) is 0 Å². The summed E-state index contributed by atoms with van der Waals surface area (Å²) in [5.41, 5.74) is 2.16. The fourth-order valence-electron chi connectivity index (χ4n) is 3.39. The summed E-state index contributed by atoms with van der Waals surface area (Å²) < 4.78 is 60.3. The van der Waals surface area contributed by atoms with Crippen LogP contribution >= 0.6 is 0 Å². The van der Waals surface area contributed by atoms with Gasteiger partial charge in [-0.1, -0.05) is 30.3 Å². The summed E-state index contributed by atoms with van der Waals surface area (Å²) >= 11 is 0. The minimum atomic E-state index is -4.02. The minimum absolute atomic E-state index is 0.0286. The summed E-state index contributed by atoms with van der Waals surface area (Å²) in [6.45, 7) is 3.48. The third kappa shape index (κ3) is 6.69. The lowest BCUT2D eigenvalue weighted by molar-refractivity contribution is 0.262. The summed E-state index contributed by atoms with van der Waals surface area (Å²) in [6.07, 6.45) is 0. The van der Waals surface area contributed by atoms with Crippen molar-refractivity contribution in [3.05, 3.63) is 108 Å². The van der Waals surface area contributed by atoms with Gasteiger partial charge in [-0.3, -0.25) is 0 Å². The fourth-order valence-corrected chi connectivity index (χ4v) is 5.59. The van der Waals surface area contributed by atoms with Crippen molar-refractivity contribution in [3.63, 3.8) is 0 Å². The van der Waals surface area contributed by atoms with Crippen LogP contribution in [0.15, 0.2) is 107 Å². The van der Waals surface area contributed by atoms with Gasteiger partial charge in [0, 0.05) is 11.4 Å². The Morgan fingerprint density at radius 2 is 1.13 bits per heavy atom. The maximum Gasteiger partial charge on any atom is 0.339 e. The average molecular weight is 553 g/mol. The summed E-state index contributed by atoms with van der Waals surface area (Å²) in [6, 6.07) is 23.9.